The average Bonchev–Trinajstić information content (AvgIpc) is 4.05. The third-order valence-corrected chi connectivity index (χ3v) is 21.4. The number of anilines is 2. The van der Waals surface area contributed by atoms with Crippen molar-refractivity contribution >= 4 is 37.6 Å². The zero-order valence-corrected chi connectivity index (χ0v) is 45.5. The molecule has 3 aliphatic heterocycles. The molecule has 4 aliphatic rings. The second kappa shape index (κ2) is 19.3. The van der Waals surface area contributed by atoms with Gasteiger partial charge in [-0.25, -0.2) is 4.79 Å². The molecule has 3 amide bonds. The van der Waals surface area contributed by atoms with E-state index in [4.69, 9.17) is 9.16 Å². The minimum absolute atomic E-state index is 0.000379. The van der Waals surface area contributed by atoms with E-state index in [0.717, 1.165) is 75.5 Å². The number of hydrogen-bond acceptors (Lipinski definition) is 6. The van der Waals surface area contributed by atoms with Gasteiger partial charge >= 0.3 is 6.09 Å². The maximum Gasteiger partial charge on any atom is 0.410 e. The van der Waals surface area contributed by atoms with Crippen molar-refractivity contribution in [3.63, 3.8) is 0 Å². The minimum atomic E-state index is -2.15. The van der Waals surface area contributed by atoms with Gasteiger partial charge in [-0.3, -0.25) is 14.5 Å². The van der Waals surface area contributed by atoms with Gasteiger partial charge in [0.25, 0.3) is 11.8 Å². The highest BCUT2D eigenvalue weighted by Crippen LogP contribution is 2.46. The van der Waals surface area contributed by atoms with Crippen LogP contribution in [0.2, 0.25) is 18.1 Å². The lowest BCUT2D eigenvalue weighted by atomic mass is 9.90. The molecule has 5 heterocycles. The van der Waals surface area contributed by atoms with E-state index in [1.54, 1.807) is 15.9 Å². The van der Waals surface area contributed by atoms with E-state index >= 15 is 9.59 Å². The van der Waals surface area contributed by atoms with Gasteiger partial charge in [-0.05, 0) is 157 Å². The number of benzene rings is 5. The summed E-state index contributed by atoms with van der Waals surface area (Å²) in [6.07, 6.45) is 3.47. The van der Waals surface area contributed by atoms with Crippen LogP contribution in [0.4, 0.5) is 16.2 Å². The van der Waals surface area contributed by atoms with Gasteiger partial charge in [0.2, 0.25) is 8.32 Å². The molecule has 1 atom stereocenters. The molecule has 12 heteroatoms. The Morgan fingerprint density at radius 3 is 2.12 bits per heavy atom. The third kappa shape index (κ3) is 8.84. The number of hydrogen-bond donors (Lipinski definition) is 0. The molecule has 0 radical (unpaired) electrons. The van der Waals surface area contributed by atoms with Crippen LogP contribution < -0.4 is 9.33 Å². The predicted octanol–water partition coefficient (Wildman–Crippen LogP) is 13.3. The third-order valence-electron chi connectivity index (χ3n) is 17.0. The van der Waals surface area contributed by atoms with Crippen LogP contribution in [0.3, 0.4) is 0 Å². The molecule has 11 rings (SSSR count). The first-order valence-corrected chi connectivity index (χ1v) is 29.5. The number of amides is 3. The fraction of sp³-hybridized carbons (Fsp3) is 0.333. The minimum Gasteiger partial charge on any atom is -0.544 e. The highest BCUT2D eigenvalue weighted by Gasteiger charge is 2.40. The molecule has 75 heavy (non-hydrogen) atoms. The molecule has 11 nitrogen and oxygen atoms in total. The molecule has 382 valence electrons. The molecule has 0 N–H and O–H groups in total. The van der Waals surface area contributed by atoms with Gasteiger partial charge in [0.05, 0.1) is 11.3 Å². The van der Waals surface area contributed by atoms with Crippen LogP contribution >= 0.6 is 0 Å². The summed E-state index contributed by atoms with van der Waals surface area (Å²) in [4.78, 5) is 50.9. The van der Waals surface area contributed by atoms with Crippen LogP contribution in [0.25, 0.3) is 22.4 Å². The second-order valence-electron chi connectivity index (χ2n) is 22.6. The normalized spacial score (nSPS) is 16.0. The van der Waals surface area contributed by atoms with Gasteiger partial charge in [-0.15, -0.1) is 0 Å². The fourth-order valence-corrected chi connectivity index (χ4v) is 12.7. The van der Waals surface area contributed by atoms with Crippen LogP contribution in [-0.2, 0) is 50.7 Å². The van der Waals surface area contributed by atoms with E-state index in [-0.39, 0.29) is 41.5 Å². The molecule has 0 unspecified atom stereocenters. The van der Waals surface area contributed by atoms with Crippen LogP contribution in [0.15, 0.2) is 121 Å². The van der Waals surface area contributed by atoms with E-state index in [1.165, 1.54) is 16.7 Å². The summed E-state index contributed by atoms with van der Waals surface area (Å²) in [5.74, 6) is 0.395. The fourth-order valence-electron chi connectivity index (χ4n) is 11.6. The number of carbonyl (C=O) groups excluding carboxylic acids is 3. The summed E-state index contributed by atoms with van der Waals surface area (Å²) in [7, 11) is -0.306. The molecular formula is C63H66N6O5Si. The van der Waals surface area contributed by atoms with Crippen molar-refractivity contribution in [1.29, 1.82) is 5.26 Å². The number of nitriles is 1. The molecule has 7 aromatic rings. The Kier molecular flexibility index (Phi) is 12.7. The Morgan fingerprint density at radius 1 is 0.760 bits per heavy atom. The van der Waals surface area contributed by atoms with Crippen molar-refractivity contribution in [3.05, 3.63) is 183 Å². The Bertz CT molecular complexity index is 3420. The molecule has 2 aromatic heterocycles. The Labute approximate surface area is 442 Å². The number of nitrogens with zero attached hydrogens (tertiary/aromatic N) is 6. The van der Waals surface area contributed by atoms with Gasteiger partial charge in [0, 0.05) is 79.1 Å². The lowest BCUT2D eigenvalue weighted by Crippen LogP contribution is -2.43. The van der Waals surface area contributed by atoms with Gasteiger partial charge in [0.1, 0.15) is 24.1 Å². The Balaban J connectivity index is 0.970. The number of fused-ring (bicyclic) bond motifs is 6. The maximum atomic E-state index is 15.8. The lowest BCUT2D eigenvalue weighted by Gasteiger charge is -2.36. The molecule has 5 aromatic carbocycles. The van der Waals surface area contributed by atoms with Crippen molar-refractivity contribution in [1.82, 2.24) is 18.9 Å². The molecule has 0 fully saturated rings. The van der Waals surface area contributed by atoms with Crippen molar-refractivity contribution in [2.75, 3.05) is 18.1 Å². The molecule has 0 bridgehead atoms. The predicted molar refractivity (Wildman–Crippen MR) is 297 cm³/mol. The highest BCUT2D eigenvalue weighted by atomic mass is 28.4. The van der Waals surface area contributed by atoms with Crippen molar-refractivity contribution in [3.8, 4) is 34.2 Å². The van der Waals surface area contributed by atoms with E-state index in [9.17, 15) is 10.1 Å². The SMILES string of the molecule is Cc1c(N(C(=O)c2cc(-c3cc4c(cc3C(=O)N3Cc5ccccc5C[C@H]3C)CN(C(=O)OCC3c5ccccc5-c5ccccc53)CC4)n3c2CCCC3)c2ccc(O[Si](C)(C)C(C)(C)C)cc2)cc(C#N)n1C. The largest absolute Gasteiger partial charge is 0.544 e. The van der Waals surface area contributed by atoms with Gasteiger partial charge in [0.15, 0.2) is 0 Å². The van der Waals surface area contributed by atoms with Crippen LogP contribution in [0.1, 0.15) is 118 Å². The second-order valence-corrected chi connectivity index (χ2v) is 27.3. The lowest BCUT2D eigenvalue weighted by molar-refractivity contribution is 0.0658. The number of ether oxygens (including phenoxy) is 1. The standard InChI is InChI=1S/C63H66N6O5Si/c1-40-31-42-17-9-10-18-44(42)38-68(40)60(70)54-33-45-37-66(62(72)73-39-56-51-21-13-11-19-49(51)50-20-12-14-22-52(50)56)30-28-43(45)32-53(54)59-35-55(57-23-15-16-29-67(57)59)61(71)69(58-34-47(36-64)65(6)41(58)2)46-24-26-48(27-25-46)74-75(7,8)63(3,4)5/h9-14,17-22,24-27,32-35,40,56H,15-16,23,28-31,37-39H2,1-8H3/t40-/m1/s1. The molecule has 0 spiro atoms. The maximum absolute atomic E-state index is 15.8. The molecule has 0 saturated carbocycles. The van der Waals surface area contributed by atoms with Gasteiger partial charge < -0.3 is 28.1 Å². The first kappa shape index (κ1) is 49.6. The molecule has 0 saturated heterocycles. The van der Waals surface area contributed by atoms with Crippen LogP contribution in [0, 0.1) is 18.3 Å². The van der Waals surface area contributed by atoms with Gasteiger partial charge in [-0.2, -0.15) is 5.26 Å². The van der Waals surface area contributed by atoms with E-state index in [2.05, 4.69) is 100.0 Å². The first-order valence-electron chi connectivity index (χ1n) is 26.6. The van der Waals surface area contributed by atoms with Gasteiger partial charge in [-0.1, -0.05) is 93.6 Å². The average molecular weight is 1020 g/mol. The quantitative estimate of drug-likeness (QED) is 0.133. The monoisotopic (exact) mass is 1010 g/mol. The van der Waals surface area contributed by atoms with Crippen molar-refractivity contribution < 1.29 is 23.5 Å². The summed E-state index contributed by atoms with van der Waals surface area (Å²) < 4.78 is 17.0. The molecule has 1 aliphatic carbocycles. The van der Waals surface area contributed by atoms with E-state index in [0.29, 0.717) is 67.2 Å². The zero-order chi connectivity index (χ0) is 52.5. The van der Waals surface area contributed by atoms with Crippen molar-refractivity contribution in [2.45, 2.75) is 116 Å². The topological polar surface area (TPSA) is 113 Å². The number of rotatable bonds is 9. The Morgan fingerprint density at radius 2 is 1.44 bits per heavy atom. The van der Waals surface area contributed by atoms with Crippen LogP contribution in [0.5, 0.6) is 5.75 Å². The summed E-state index contributed by atoms with van der Waals surface area (Å²) >= 11 is 0. The summed E-state index contributed by atoms with van der Waals surface area (Å²) in [6.45, 7) is 17.3. The summed E-state index contributed by atoms with van der Waals surface area (Å²) in [5.41, 5.74) is 15.2. The zero-order valence-electron chi connectivity index (χ0n) is 44.5. The number of carbonyl (C=O) groups is 3. The number of aromatic nitrogens is 2. The Hall–Kier alpha value is -7.62. The van der Waals surface area contributed by atoms with Crippen molar-refractivity contribution in [2.24, 2.45) is 7.05 Å². The van der Waals surface area contributed by atoms with E-state index < -0.39 is 8.32 Å². The van der Waals surface area contributed by atoms with E-state index in [1.807, 2.05) is 90.2 Å². The molecular weight excluding hydrogens is 949 g/mol. The summed E-state index contributed by atoms with van der Waals surface area (Å²) in [5, 5.41) is 10.2. The summed E-state index contributed by atoms with van der Waals surface area (Å²) in [6, 6.07) is 43.0. The highest BCUT2D eigenvalue weighted by molar-refractivity contribution is 6.74. The smallest absolute Gasteiger partial charge is 0.410 e. The van der Waals surface area contributed by atoms with Crippen LogP contribution in [-0.4, -0.2) is 64.4 Å². The first-order chi connectivity index (χ1) is 36.0.